The van der Waals surface area contributed by atoms with E-state index in [9.17, 15) is 13.2 Å². The molecule has 0 aliphatic carbocycles. The predicted octanol–water partition coefficient (Wildman–Crippen LogP) is 3.05. The van der Waals surface area contributed by atoms with Gasteiger partial charge in [0, 0.05) is 0 Å². The molecule has 0 spiro atoms. The van der Waals surface area contributed by atoms with Gasteiger partial charge in [-0.05, 0) is 23.8 Å². The van der Waals surface area contributed by atoms with Crippen molar-refractivity contribution in [1.29, 1.82) is 5.26 Å². The highest BCUT2D eigenvalue weighted by atomic mass is 19.4. The molecule has 0 saturated carbocycles. The largest absolute Gasteiger partial charge is 0.416 e. The molecule has 0 aliphatic rings. The van der Waals surface area contributed by atoms with Crippen LogP contribution in [0.3, 0.4) is 0 Å². The molecule has 0 saturated heterocycles. The molecule has 0 aromatic heterocycles. The monoisotopic (exact) mass is 196 g/mol. The molecule has 71 valence electrons. The lowest BCUT2D eigenvalue weighted by Crippen LogP contribution is -2.03. The lowest BCUT2D eigenvalue weighted by molar-refractivity contribution is -0.137. The van der Waals surface area contributed by atoms with Crippen molar-refractivity contribution < 1.29 is 13.2 Å². The van der Waals surface area contributed by atoms with Gasteiger partial charge in [-0.1, -0.05) is 12.1 Å². The summed E-state index contributed by atoms with van der Waals surface area (Å²) < 4.78 is 36.3. The van der Waals surface area contributed by atoms with Gasteiger partial charge in [-0.2, -0.15) is 18.4 Å². The molecule has 14 heavy (non-hydrogen) atoms. The van der Waals surface area contributed by atoms with Crippen LogP contribution >= 0.6 is 0 Å². The molecule has 0 amide bonds. The van der Waals surface area contributed by atoms with Gasteiger partial charge < -0.3 is 0 Å². The van der Waals surface area contributed by atoms with Crippen molar-refractivity contribution in [2.45, 2.75) is 6.18 Å². The van der Waals surface area contributed by atoms with Gasteiger partial charge >= 0.3 is 6.18 Å². The topological polar surface area (TPSA) is 23.8 Å². The van der Waals surface area contributed by atoms with Crippen LogP contribution in [0.5, 0.6) is 0 Å². The molecule has 0 heterocycles. The van der Waals surface area contributed by atoms with E-state index in [1.165, 1.54) is 18.2 Å². The van der Waals surface area contributed by atoms with Crippen LogP contribution in [0.15, 0.2) is 24.3 Å². The third-order valence-corrected chi connectivity index (χ3v) is 1.54. The predicted molar refractivity (Wildman–Crippen MR) is 44.8 cm³/mol. The Morgan fingerprint density at radius 2 is 1.71 bits per heavy atom. The number of nitriles is 1. The number of benzene rings is 1. The highest BCUT2D eigenvalue weighted by molar-refractivity contribution is 5.49. The SMILES string of the molecule is N#C/[C]=C/c1ccc(C(F)(F)F)cc1. The van der Waals surface area contributed by atoms with Gasteiger partial charge in [-0.3, -0.25) is 0 Å². The Bertz CT molecular complexity index is 368. The molecular formula is C10H5F3N. The fraction of sp³-hybridized carbons (Fsp3) is 0.100. The van der Waals surface area contributed by atoms with E-state index < -0.39 is 11.7 Å². The van der Waals surface area contributed by atoms with Crippen molar-refractivity contribution in [2.24, 2.45) is 0 Å². The van der Waals surface area contributed by atoms with Crippen molar-refractivity contribution in [3.8, 4) is 6.07 Å². The molecule has 1 nitrogen and oxygen atoms in total. The Balaban J connectivity index is 2.91. The second-order valence-electron chi connectivity index (χ2n) is 2.52. The summed E-state index contributed by atoms with van der Waals surface area (Å²) in [7, 11) is 0. The summed E-state index contributed by atoms with van der Waals surface area (Å²) >= 11 is 0. The van der Waals surface area contributed by atoms with Gasteiger partial charge in [0.1, 0.15) is 6.07 Å². The molecule has 0 atom stereocenters. The third-order valence-electron chi connectivity index (χ3n) is 1.54. The number of nitrogens with zero attached hydrogens (tertiary/aromatic N) is 1. The van der Waals surface area contributed by atoms with Crippen LogP contribution in [-0.4, -0.2) is 0 Å². The summed E-state index contributed by atoms with van der Waals surface area (Å²) in [6.45, 7) is 0. The Morgan fingerprint density at radius 1 is 1.14 bits per heavy atom. The van der Waals surface area contributed by atoms with Gasteiger partial charge in [0.25, 0.3) is 0 Å². The van der Waals surface area contributed by atoms with Crippen LogP contribution in [-0.2, 0) is 6.18 Å². The first-order chi connectivity index (χ1) is 6.54. The third kappa shape index (κ3) is 2.63. The van der Waals surface area contributed by atoms with E-state index in [0.29, 0.717) is 5.56 Å². The number of allylic oxidation sites excluding steroid dienone is 1. The van der Waals surface area contributed by atoms with E-state index in [-0.39, 0.29) is 0 Å². The second-order valence-corrected chi connectivity index (χ2v) is 2.52. The highest BCUT2D eigenvalue weighted by Crippen LogP contribution is 2.29. The van der Waals surface area contributed by atoms with Crippen LogP contribution in [0, 0.1) is 17.4 Å². The minimum Gasteiger partial charge on any atom is -0.192 e. The van der Waals surface area contributed by atoms with E-state index in [0.717, 1.165) is 12.1 Å². The Morgan fingerprint density at radius 3 is 2.14 bits per heavy atom. The Labute approximate surface area is 79.1 Å². The summed E-state index contributed by atoms with van der Waals surface area (Å²) in [5.74, 6) is 0. The number of alkyl halides is 3. The standard InChI is InChI=1S/C10H5F3N/c11-10(12,13)9-5-3-8(4-6-9)2-1-7-14/h2-6H. The van der Waals surface area contributed by atoms with E-state index in [4.69, 9.17) is 5.26 Å². The van der Waals surface area contributed by atoms with Crippen LogP contribution in [0.2, 0.25) is 0 Å². The van der Waals surface area contributed by atoms with E-state index in [2.05, 4.69) is 6.08 Å². The molecule has 0 fully saturated rings. The number of hydrogen-bond acceptors (Lipinski definition) is 1. The van der Waals surface area contributed by atoms with Gasteiger partial charge in [0.15, 0.2) is 0 Å². The molecule has 0 N–H and O–H groups in total. The average Bonchev–Trinajstić information content (AvgIpc) is 2.14. The summed E-state index contributed by atoms with van der Waals surface area (Å²) in [4.78, 5) is 0. The minimum absolute atomic E-state index is 0.513. The number of rotatable bonds is 1. The molecule has 0 unspecified atom stereocenters. The van der Waals surface area contributed by atoms with Crippen LogP contribution < -0.4 is 0 Å². The fourth-order valence-electron chi connectivity index (χ4n) is 0.884. The quantitative estimate of drug-likeness (QED) is 0.633. The molecule has 4 heteroatoms. The average molecular weight is 196 g/mol. The molecule has 0 aliphatic heterocycles. The zero-order chi connectivity index (χ0) is 10.6. The Kier molecular flexibility index (Phi) is 2.92. The van der Waals surface area contributed by atoms with E-state index >= 15 is 0 Å². The summed E-state index contributed by atoms with van der Waals surface area (Å²) in [5, 5.41) is 8.14. The van der Waals surface area contributed by atoms with Crippen molar-refractivity contribution in [1.82, 2.24) is 0 Å². The minimum atomic E-state index is -4.32. The normalized spacial score (nSPS) is 11.6. The van der Waals surface area contributed by atoms with Crippen LogP contribution in [0.25, 0.3) is 6.08 Å². The molecule has 0 bridgehead atoms. The highest BCUT2D eigenvalue weighted by Gasteiger charge is 2.29. The van der Waals surface area contributed by atoms with Gasteiger partial charge in [0.05, 0.1) is 11.6 Å². The fourth-order valence-corrected chi connectivity index (χ4v) is 0.884. The summed E-state index contributed by atoms with van der Waals surface area (Å²) in [6.07, 6.45) is -0.777. The van der Waals surface area contributed by atoms with Gasteiger partial charge in [-0.15, -0.1) is 0 Å². The maximum absolute atomic E-state index is 12.1. The van der Waals surface area contributed by atoms with Crippen molar-refractivity contribution in [3.63, 3.8) is 0 Å². The van der Waals surface area contributed by atoms with Crippen molar-refractivity contribution in [3.05, 3.63) is 41.5 Å². The molecule has 1 aromatic rings. The van der Waals surface area contributed by atoms with Crippen molar-refractivity contribution in [2.75, 3.05) is 0 Å². The maximum Gasteiger partial charge on any atom is 0.416 e. The lowest BCUT2D eigenvalue weighted by Gasteiger charge is -2.05. The van der Waals surface area contributed by atoms with E-state index in [1.54, 1.807) is 6.07 Å². The van der Waals surface area contributed by atoms with Crippen molar-refractivity contribution >= 4 is 6.08 Å². The van der Waals surface area contributed by atoms with Crippen LogP contribution in [0.1, 0.15) is 11.1 Å². The first-order valence-electron chi connectivity index (χ1n) is 3.69. The zero-order valence-corrected chi connectivity index (χ0v) is 6.97. The molecule has 1 rings (SSSR count). The lowest BCUT2D eigenvalue weighted by atomic mass is 10.1. The molecular weight excluding hydrogens is 191 g/mol. The number of halogens is 3. The summed E-state index contributed by atoms with van der Waals surface area (Å²) in [6, 6.07) is 6.13. The van der Waals surface area contributed by atoms with Gasteiger partial charge in [0.2, 0.25) is 0 Å². The Hall–Kier alpha value is -1.76. The number of hydrogen-bond donors (Lipinski definition) is 0. The molecule has 1 radical (unpaired) electrons. The second kappa shape index (κ2) is 3.97. The van der Waals surface area contributed by atoms with Gasteiger partial charge in [-0.25, -0.2) is 0 Å². The maximum atomic E-state index is 12.1. The summed E-state index contributed by atoms with van der Waals surface area (Å²) in [5.41, 5.74) is -0.189. The smallest absolute Gasteiger partial charge is 0.192 e. The molecule has 1 aromatic carbocycles. The zero-order valence-electron chi connectivity index (χ0n) is 6.97. The first-order valence-corrected chi connectivity index (χ1v) is 3.69. The van der Waals surface area contributed by atoms with E-state index in [1.807, 2.05) is 0 Å². The van der Waals surface area contributed by atoms with Crippen LogP contribution in [0.4, 0.5) is 13.2 Å². The first kappa shape index (κ1) is 10.3.